The van der Waals surface area contributed by atoms with Crippen molar-refractivity contribution < 1.29 is 19.2 Å². The van der Waals surface area contributed by atoms with Crippen molar-refractivity contribution in [3.63, 3.8) is 0 Å². The van der Waals surface area contributed by atoms with Gasteiger partial charge < -0.3 is 15.0 Å². The molecule has 112 valence electrons. The monoisotopic (exact) mass is 293 g/mol. The van der Waals surface area contributed by atoms with Crippen molar-refractivity contribution in [1.29, 1.82) is 0 Å². The van der Waals surface area contributed by atoms with Crippen LogP contribution in [0.1, 0.15) is 16.8 Å². The van der Waals surface area contributed by atoms with E-state index >= 15 is 0 Å². The molecule has 0 unspecified atom stereocenters. The predicted octanol–water partition coefficient (Wildman–Crippen LogP) is 0.565. The average Bonchev–Trinajstić information content (AvgIpc) is 2.70. The second-order valence-corrected chi connectivity index (χ2v) is 4.50. The summed E-state index contributed by atoms with van der Waals surface area (Å²) in [5.74, 6) is -0.492. The molecule has 0 aliphatic carbocycles. The highest BCUT2D eigenvalue weighted by molar-refractivity contribution is 6.01. The van der Waals surface area contributed by atoms with E-state index in [1.54, 1.807) is 0 Å². The molecule has 0 radical (unpaired) electrons. The van der Waals surface area contributed by atoms with E-state index < -0.39 is 10.8 Å². The highest BCUT2D eigenvalue weighted by Crippen LogP contribution is 2.29. The summed E-state index contributed by atoms with van der Waals surface area (Å²) in [5.41, 5.74) is -0.387. The number of benzene rings is 1. The number of carbonyl (C=O) groups excluding carboxylic acids is 2. The summed E-state index contributed by atoms with van der Waals surface area (Å²) < 4.78 is 5.07. The molecule has 1 heterocycles. The second-order valence-electron chi connectivity index (χ2n) is 4.50. The Labute approximate surface area is 120 Å². The maximum Gasteiger partial charge on any atom is 0.285 e. The van der Waals surface area contributed by atoms with Crippen LogP contribution in [0.5, 0.6) is 5.75 Å². The molecule has 0 spiro atoms. The summed E-state index contributed by atoms with van der Waals surface area (Å²) in [6.07, 6.45) is 0.175. The fraction of sp³-hybridized carbons (Fsp3) is 0.385. The summed E-state index contributed by atoms with van der Waals surface area (Å²) in [5, 5.41) is 13.8. The standard InChI is InChI=1S/C13H15N3O5/c1-21-10-4-2-3-9(16(19)20)12(10)13(18)15-7-5-11(17)14-6-8-15/h2-4H,5-8H2,1H3,(H,14,17). The van der Waals surface area contributed by atoms with Gasteiger partial charge in [-0.25, -0.2) is 0 Å². The Bertz CT molecular complexity index is 587. The quantitative estimate of drug-likeness (QED) is 0.648. The van der Waals surface area contributed by atoms with Gasteiger partial charge in [-0.2, -0.15) is 0 Å². The van der Waals surface area contributed by atoms with Crippen LogP contribution in [-0.2, 0) is 4.79 Å². The van der Waals surface area contributed by atoms with Crippen molar-refractivity contribution in [1.82, 2.24) is 10.2 Å². The van der Waals surface area contributed by atoms with E-state index in [4.69, 9.17) is 4.74 Å². The molecule has 0 aromatic heterocycles. The third kappa shape index (κ3) is 3.10. The molecular formula is C13H15N3O5. The molecule has 8 nitrogen and oxygen atoms in total. The van der Waals surface area contributed by atoms with Crippen molar-refractivity contribution in [2.75, 3.05) is 26.7 Å². The van der Waals surface area contributed by atoms with Crippen LogP contribution >= 0.6 is 0 Å². The number of hydrogen-bond acceptors (Lipinski definition) is 5. The Balaban J connectivity index is 2.37. The van der Waals surface area contributed by atoms with E-state index in [-0.39, 0.29) is 35.9 Å². The van der Waals surface area contributed by atoms with Gasteiger partial charge in [-0.3, -0.25) is 19.7 Å². The van der Waals surface area contributed by atoms with Gasteiger partial charge in [0.1, 0.15) is 5.75 Å². The summed E-state index contributed by atoms with van der Waals surface area (Å²) >= 11 is 0. The predicted molar refractivity (Wildman–Crippen MR) is 73.2 cm³/mol. The van der Waals surface area contributed by atoms with Crippen molar-refractivity contribution in [3.8, 4) is 5.75 Å². The van der Waals surface area contributed by atoms with Gasteiger partial charge in [0, 0.05) is 32.1 Å². The molecule has 1 fully saturated rings. The van der Waals surface area contributed by atoms with E-state index in [0.29, 0.717) is 13.1 Å². The normalized spacial score (nSPS) is 15.1. The zero-order valence-corrected chi connectivity index (χ0v) is 11.5. The van der Waals surface area contributed by atoms with E-state index in [1.165, 1.54) is 30.2 Å². The van der Waals surface area contributed by atoms with Gasteiger partial charge in [0.15, 0.2) is 5.56 Å². The van der Waals surface area contributed by atoms with E-state index in [2.05, 4.69) is 5.32 Å². The molecule has 1 aliphatic heterocycles. The lowest BCUT2D eigenvalue weighted by molar-refractivity contribution is -0.385. The Morgan fingerprint density at radius 1 is 1.43 bits per heavy atom. The second kappa shape index (κ2) is 6.21. The number of nitrogens with one attached hydrogen (secondary N) is 1. The first-order chi connectivity index (χ1) is 10.0. The highest BCUT2D eigenvalue weighted by Gasteiger charge is 2.29. The third-order valence-corrected chi connectivity index (χ3v) is 3.23. The maximum atomic E-state index is 12.6. The summed E-state index contributed by atoms with van der Waals surface area (Å²) in [4.78, 5) is 35.8. The Kier molecular flexibility index (Phi) is 4.36. The number of rotatable bonds is 3. The minimum atomic E-state index is -0.614. The molecule has 2 amide bonds. The van der Waals surface area contributed by atoms with Crippen LogP contribution in [0.4, 0.5) is 5.69 Å². The first-order valence-electron chi connectivity index (χ1n) is 6.42. The zero-order valence-electron chi connectivity index (χ0n) is 11.5. The topological polar surface area (TPSA) is 102 Å². The first kappa shape index (κ1) is 14.8. The molecule has 1 aliphatic rings. The molecule has 0 saturated carbocycles. The van der Waals surface area contributed by atoms with Gasteiger partial charge in [0.25, 0.3) is 11.6 Å². The van der Waals surface area contributed by atoms with Crippen LogP contribution in [-0.4, -0.2) is 48.4 Å². The molecule has 1 saturated heterocycles. The van der Waals surface area contributed by atoms with E-state index in [9.17, 15) is 19.7 Å². The lowest BCUT2D eigenvalue weighted by Crippen LogP contribution is -2.34. The zero-order chi connectivity index (χ0) is 15.4. The number of amides is 2. The van der Waals surface area contributed by atoms with Crippen molar-refractivity contribution in [2.45, 2.75) is 6.42 Å². The number of ether oxygens (including phenoxy) is 1. The number of nitrogens with zero attached hydrogens (tertiary/aromatic N) is 2. The molecule has 0 bridgehead atoms. The molecule has 1 N–H and O–H groups in total. The summed E-state index contributed by atoms with van der Waals surface area (Å²) in [6, 6.07) is 4.22. The minimum absolute atomic E-state index is 0.0839. The molecular weight excluding hydrogens is 278 g/mol. The Hall–Kier alpha value is -2.64. The lowest BCUT2D eigenvalue weighted by atomic mass is 10.1. The number of nitro benzene ring substituents is 1. The molecule has 1 aromatic carbocycles. The number of hydrogen-bond donors (Lipinski definition) is 1. The fourth-order valence-corrected chi connectivity index (χ4v) is 2.18. The van der Waals surface area contributed by atoms with E-state index in [0.717, 1.165) is 0 Å². The molecule has 0 atom stereocenters. The van der Waals surface area contributed by atoms with Crippen LogP contribution in [0.25, 0.3) is 0 Å². The highest BCUT2D eigenvalue weighted by atomic mass is 16.6. The van der Waals surface area contributed by atoms with Gasteiger partial charge >= 0.3 is 0 Å². The van der Waals surface area contributed by atoms with Crippen molar-refractivity contribution in [3.05, 3.63) is 33.9 Å². The van der Waals surface area contributed by atoms with Crippen molar-refractivity contribution >= 4 is 17.5 Å². The fourth-order valence-electron chi connectivity index (χ4n) is 2.18. The van der Waals surface area contributed by atoms with Crippen LogP contribution in [0.15, 0.2) is 18.2 Å². The summed E-state index contributed by atoms with van der Waals surface area (Å²) in [6.45, 7) is 0.854. The molecule has 21 heavy (non-hydrogen) atoms. The smallest absolute Gasteiger partial charge is 0.285 e. The molecule has 2 rings (SSSR count). The van der Waals surface area contributed by atoms with E-state index in [1.807, 2.05) is 0 Å². The first-order valence-corrected chi connectivity index (χ1v) is 6.42. The van der Waals surface area contributed by atoms with Gasteiger partial charge in [-0.05, 0) is 6.07 Å². The van der Waals surface area contributed by atoms with Crippen LogP contribution in [0, 0.1) is 10.1 Å². The number of nitro groups is 1. The summed E-state index contributed by atoms with van der Waals surface area (Å²) in [7, 11) is 1.35. The van der Waals surface area contributed by atoms with Crippen LogP contribution in [0.3, 0.4) is 0 Å². The van der Waals surface area contributed by atoms with Gasteiger partial charge in [0.05, 0.1) is 12.0 Å². The van der Waals surface area contributed by atoms with Crippen LogP contribution in [0.2, 0.25) is 0 Å². The average molecular weight is 293 g/mol. The Morgan fingerprint density at radius 2 is 2.19 bits per heavy atom. The van der Waals surface area contributed by atoms with Crippen molar-refractivity contribution in [2.24, 2.45) is 0 Å². The number of carbonyl (C=O) groups is 2. The lowest BCUT2D eigenvalue weighted by Gasteiger charge is -2.20. The molecule has 1 aromatic rings. The Morgan fingerprint density at radius 3 is 2.86 bits per heavy atom. The van der Waals surface area contributed by atoms with Gasteiger partial charge in [-0.15, -0.1) is 0 Å². The SMILES string of the molecule is COc1cccc([N+](=O)[O-])c1C(=O)N1CCNC(=O)CC1. The van der Waals surface area contributed by atoms with Gasteiger partial charge in [0.2, 0.25) is 5.91 Å². The number of methoxy groups -OCH3 is 1. The van der Waals surface area contributed by atoms with Gasteiger partial charge in [-0.1, -0.05) is 6.07 Å². The largest absolute Gasteiger partial charge is 0.496 e. The van der Waals surface area contributed by atoms with Crippen LogP contribution < -0.4 is 10.1 Å². The minimum Gasteiger partial charge on any atom is -0.496 e. The third-order valence-electron chi connectivity index (χ3n) is 3.23. The molecule has 8 heteroatoms. The maximum absolute atomic E-state index is 12.6.